The van der Waals surface area contributed by atoms with Crippen molar-refractivity contribution in [2.45, 2.75) is 6.92 Å². The summed E-state index contributed by atoms with van der Waals surface area (Å²) >= 11 is 0. The molecule has 0 bridgehead atoms. The number of rotatable bonds is 7. The monoisotopic (exact) mass is 322 g/mol. The van der Waals surface area contributed by atoms with Gasteiger partial charge in [0.1, 0.15) is 37.4 Å². The van der Waals surface area contributed by atoms with E-state index in [9.17, 15) is 0 Å². The molecule has 6 nitrogen and oxygen atoms in total. The van der Waals surface area contributed by atoms with Crippen LogP contribution in [-0.2, 0) is 0 Å². The molecule has 0 aliphatic heterocycles. The first kappa shape index (κ1) is 15.7. The molecule has 1 aromatic heterocycles. The van der Waals surface area contributed by atoms with E-state index in [0.717, 1.165) is 17.1 Å². The summed E-state index contributed by atoms with van der Waals surface area (Å²) in [5.41, 5.74) is 2.11. The Morgan fingerprint density at radius 1 is 0.958 bits per heavy atom. The molecular weight excluding hydrogens is 304 g/mol. The molecule has 0 saturated heterocycles. The Morgan fingerprint density at radius 3 is 2.33 bits per heavy atom. The molecule has 0 N–H and O–H groups in total. The SMILES string of the molecule is Cc1cccc(OCCOc2cccc(/C=N/n3cnnc3)c2)c1. The van der Waals surface area contributed by atoms with Crippen LogP contribution in [0.3, 0.4) is 0 Å². The lowest BCUT2D eigenvalue weighted by molar-refractivity contribution is 0.217. The minimum atomic E-state index is 0.472. The second-order valence-electron chi connectivity index (χ2n) is 5.17. The first-order valence-electron chi connectivity index (χ1n) is 7.61. The predicted octanol–water partition coefficient (Wildman–Crippen LogP) is 2.93. The zero-order chi connectivity index (χ0) is 16.6. The minimum Gasteiger partial charge on any atom is -0.490 e. The zero-order valence-corrected chi connectivity index (χ0v) is 13.4. The fraction of sp³-hybridized carbons (Fsp3) is 0.167. The topological polar surface area (TPSA) is 61.5 Å². The lowest BCUT2D eigenvalue weighted by Crippen LogP contribution is -2.09. The largest absolute Gasteiger partial charge is 0.490 e. The summed E-state index contributed by atoms with van der Waals surface area (Å²) in [5.74, 6) is 1.63. The van der Waals surface area contributed by atoms with Crippen LogP contribution in [0.25, 0.3) is 0 Å². The van der Waals surface area contributed by atoms with Crippen LogP contribution in [0.5, 0.6) is 11.5 Å². The molecule has 0 aliphatic rings. The summed E-state index contributed by atoms with van der Waals surface area (Å²) < 4.78 is 12.9. The maximum Gasteiger partial charge on any atom is 0.141 e. The van der Waals surface area contributed by atoms with Crippen molar-refractivity contribution in [3.63, 3.8) is 0 Å². The molecule has 3 rings (SSSR count). The van der Waals surface area contributed by atoms with Crippen LogP contribution in [0.2, 0.25) is 0 Å². The van der Waals surface area contributed by atoms with Crippen molar-refractivity contribution in [1.29, 1.82) is 0 Å². The van der Waals surface area contributed by atoms with Crippen molar-refractivity contribution < 1.29 is 9.47 Å². The van der Waals surface area contributed by atoms with Crippen LogP contribution >= 0.6 is 0 Å². The van der Waals surface area contributed by atoms with Crippen molar-refractivity contribution in [2.75, 3.05) is 13.2 Å². The van der Waals surface area contributed by atoms with Crippen molar-refractivity contribution >= 4 is 6.21 Å². The van der Waals surface area contributed by atoms with Gasteiger partial charge in [-0.15, -0.1) is 10.2 Å². The Labute approximate surface area is 140 Å². The second-order valence-corrected chi connectivity index (χ2v) is 5.17. The number of hydrogen-bond acceptors (Lipinski definition) is 5. The van der Waals surface area contributed by atoms with E-state index < -0.39 is 0 Å². The zero-order valence-electron chi connectivity index (χ0n) is 13.4. The molecular formula is C18H18N4O2. The molecule has 122 valence electrons. The fourth-order valence-corrected chi connectivity index (χ4v) is 2.10. The van der Waals surface area contributed by atoms with E-state index in [1.54, 1.807) is 6.21 Å². The van der Waals surface area contributed by atoms with Gasteiger partial charge in [0.2, 0.25) is 0 Å². The van der Waals surface area contributed by atoms with Gasteiger partial charge in [0.25, 0.3) is 0 Å². The van der Waals surface area contributed by atoms with Gasteiger partial charge in [-0.3, -0.25) is 0 Å². The third-order valence-electron chi connectivity index (χ3n) is 3.22. The minimum absolute atomic E-state index is 0.472. The Morgan fingerprint density at radius 2 is 1.62 bits per heavy atom. The van der Waals surface area contributed by atoms with Crippen LogP contribution in [0.15, 0.2) is 66.3 Å². The van der Waals surface area contributed by atoms with E-state index in [2.05, 4.69) is 15.3 Å². The molecule has 0 unspecified atom stereocenters. The lowest BCUT2D eigenvalue weighted by Gasteiger charge is -2.09. The highest BCUT2D eigenvalue weighted by atomic mass is 16.5. The van der Waals surface area contributed by atoms with E-state index in [0.29, 0.717) is 13.2 Å². The molecule has 0 aliphatic carbocycles. The Hall–Kier alpha value is -3.15. The summed E-state index contributed by atoms with van der Waals surface area (Å²) in [5, 5.41) is 11.6. The van der Waals surface area contributed by atoms with Gasteiger partial charge in [-0.05, 0) is 42.3 Å². The average molecular weight is 322 g/mol. The number of nitrogens with zero attached hydrogens (tertiary/aromatic N) is 4. The predicted molar refractivity (Wildman–Crippen MR) is 91.6 cm³/mol. The van der Waals surface area contributed by atoms with Crippen LogP contribution in [0.1, 0.15) is 11.1 Å². The van der Waals surface area contributed by atoms with Gasteiger partial charge >= 0.3 is 0 Å². The standard InChI is InChI=1S/C18H18N4O2/c1-15-4-2-6-17(10-15)23-8-9-24-18-7-3-5-16(11-18)12-21-22-13-19-20-14-22/h2-7,10-14H,8-9H2,1H3/b21-12+. The summed E-state index contributed by atoms with van der Waals surface area (Å²) in [6.45, 7) is 3.00. The second kappa shape index (κ2) is 7.92. The van der Waals surface area contributed by atoms with Crippen LogP contribution in [0, 0.1) is 6.92 Å². The van der Waals surface area contributed by atoms with Crippen molar-refractivity contribution in [3.8, 4) is 11.5 Å². The van der Waals surface area contributed by atoms with E-state index in [1.165, 1.54) is 22.9 Å². The van der Waals surface area contributed by atoms with Gasteiger partial charge in [0, 0.05) is 0 Å². The molecule has 0 saturated carbocycles. The van der Waals surface area contributed by atoms with E-state index in [-0.39, 0.29) is 0 Å². The first-order chi connectivity index (χ1) is 11.8. The molecule has 0 radical (unpaired) electrons. The van der Waals surface area contributed by atoms with E-state index in [1.807, 2.05) is 55.5 Å². The molecule has 0 atom stereocenters. The molecule has 1 heterocycles. The lowest BCUT2D eigenvalue weighted by atomic mass is 10.2. The van der Waals surface area contributed by atoms with Crippen LogP contribution in [0.4, 0.5) is 0 Å². The third-order valence-corrected chi connectivity index (χ3v) is 3.22. The number of benzene rings is 2. The van der Waals surface area contributed by atoms with E-state index >= 15 is 0 Å². The maximum absolute atomic E-state index is 5.72. The molecule has 2 aromatic carbocycles. The summed E-state index contributed by atoms with van der Waals surface area (Å²) in [6.07, 6.45) is 4.78. The van der Waals surface area contributed by atoms with Crippen LogP contribution < -0.4 is 9.47 Å². The van der Waals surface area contributed by atoms with Gasteiger partial charge in [-0.25, -0.2) is 4.68 Å². The summed E-state index contributed by atoms with van der Waals surface area (Å²) in [7, 11) is 0. The molecule has 0 fully saturated rings. The number of aromatic nitrogens is 3. The van der Waals surface area contributed by atoms with Gasteiger partial charge in [0.05, 0.1) is 6.21 Å². The third kappa shape index (κ3) is 4.67. The molecule has 24 heavy (non-hydrogen) atoms. The molecule has 3 aromatic rings. The summed E-state index contributed by atoms with van der Waals surface area (Å²) in [6, 6.07) is 15.6. The maximum atomic E-state index is 5.72. The highest BCUT2D eigenvalue weighted by Crippen LogP contribution is 2.14. The summed E-state index contributed by atoms with van der Waals surface area (Å²) in [4.78, 5) is 0. The van der Waals surface area contributed by atoms with Crippen molar-refractivity contribution in [2.24, 2.45) is 5.10 Å². The number of aryl methyl sites for hydroxylation is 1. The smallest absolute Gasteiger partial charge is 0.141 e. The Bertz CT molecular complexity index is 800. The highest BCUT2D eigenvalue weighted by molar-refractivity contribution is 5.80. The van der Waals surface area contributed by atoms with Crippen LogP contribution in [-0.4, -0.2) is 34.3 Å². The van der Waals surface area contributed by atoms with Crippen molar-refractivity contribution in [3.05, 3.63) is 72.3 Å². The molecule has 0 spiro atoms. The number of ether oxygens (including phenoxy) is 2. The Balaban J connectivity index is 1.49. The quantitative estimate of drug-likeness (QED) is 0.496. The van der Waals surface area contributed by atoms with E-state index in [4.69, 9.17) is 9.47 Å². The molecule has 6 heteroatoms. The number of hydrogen-bond donors (Lipinski definition) is 0. The average Bonchev–Trinajstić information content (AvgIpc) is 3.11. The van der Waals surface area contributed by atoms with Gasteiger partial charge < -0.3 is 9.47 Å². The highest BCUT2D eigenvalue weighted by Gasteiger charge is 1.98. The normalized spacial score (nSPS) is 10.9. The van der Waals surface area contributed by atoms with Crippen molar-refractivity contribution in [1.82, 2.24) is 14.9 Å². The van der Waals surface area contributed by atoms with Gasteiger partial charge in [-0.2, -0.15) is 5.10 Å². The Kier molecular flexibility index (Phi) is 5.19. The van der Waals surface area contributed by atoms with Gasteiger partial charge in [0.15, 0.2) is 0 Å². The van der Waals surface area contributed by atoms with Gasteiger partial charge in [-0.1, -0.05) is 24.3 Å². The molecule has 0 amide bonds. The first-order valence-corrected chi connectivity index (χ1v) is 7.61. The fourth-order valence-electron chi connectivity index (χ4n) is 2.10.